The number of hydrogen-bond acceptors (Lipinski definition) is 5. The number of carbonyl (C=O) groups excluding carboxylic acids is 1. The minimum absolute atomic E-state index is 0.00620. The Hall–Kier alpha value is -2.96. The highest BCUT2D eigenvalue weighted by Crippen LogP contribution is 2.30. The highest BCUT2D eigenvalue weighted by molar-refractivity contribution is 7.89. The molecule has 1 amide bonds. The molecule has 4 rings (SSSR count). The van der Waals surface area contributed by atoms with Gasteiger partial charge in [0.15, 0.2) is 5.69 Å². The Labute approximate surface area is 192 Å². The average molecular weight is 500 g/mol. The predicted octanol–water partition coefficient (Wildman–Crippen LogP) is 3.09. The number of para-hydroxylation sites is 1. The van der Waals surface area contributed by atoms with Crippen LogP contribution in [0.3, 0.4) is 0 Å². The van der Waals surface area contributed by atoms with E-state index in [1.165, 1.54) is 15.8 Å². The fraction of sp³-hybridized carbons (Fsp3) is 0.250. The maximum absolute atomic E-state index is 12.8. The Kier molecular flexibility index (Phi) is 6.16. The fourth-order valence-electron chi connectivity index (χ4n) is 3.38. The van der Waals surface area contributed by atoms with Gasteiger partial charge in [-0.15, -0.1) is 5.10 Å². The Morgan fingerprint density at radius 2 is 1.61 bits per heavy atom. The van der Waals surface area contributed by atoms with Gasteiger partial charge in [-0.2, -0.15) is 17.5 Å². The van der Waals surface area contributed by atoms with Gasteiger partial charge in [0.25, 0.3) is 5.91 Å². The molecule has 2 heterocycles. The summed E-state index contributed by atoms with van der Waals surface area (Å²) in [6, 6.07) is 10.2. The average Bonchev–Trinajstić information content (AvgIpc) is 3.28. The van der Waals surface area contributed by atoms with E-state index in [1.54, 1.807) is 24.3 Å². The van der Waals surface area contributed by atoms with Crippen molar-refractivity contribution in [1.29, 1.82) is 0 Å². The van der Waals surface area contributed by atoms with Gasteiger partial charge in [-0.05, 0) is 36.4 Å². The molecule has 174 valence electrons. The Bertz CT molecular complexity index is 1270. The first-order valence-corrected chi connectivity index (χ1v) is 11.5. The summed E-state index contributed by atoms with van der Waals surface area (Å²) in [5.41, 5.74) is -0.297. The van der Waals surface area contributed by atoms with Crippen molar-refractivity contribution in [2.75, 3.05) is 26.2 Å². The van der Waals surface area contributed by atoms with Gasteiger partial charge < -0.3 is 4.90 Å². The van der Waals surface area contributed by atoms with Crippen LogP contribution >= 0.6 is 11.6 Å². The lowest BCUT2D eigenvalue weighted by Crippen LogP contribution is -2.50. The standard InChI is InChI=1S/C20H17ClF3N5O3S/c21-16-3-1-2-4-18(16)29-13-17(25-26-29)19(30)27-9-11-28(12-10-27)33(31,32)15-7-5-14(6-8-15)20(22,23)24/h1-8,13H,9-12H2. The first-order valence-electron chi connectivity index (χ1n) is 9.71. The van der Waals surface area contributed by atoms with Crippen LogP contribution in [0, 0.1) is 0 Å². The SMILES string of the molecule is O=C(c1cn(-c2ccccc2Cl)nn1)N1CCN(S(=O)(=O)c2ccc(C(F)(F)F)cc2)CC1. The number of carbonyl (C=O) groups is 1. The molecule has 0 bridgehead atoms. The number of hydrogen-bond donors (Lipinski definition) is 0. The Morgan fingerprint density at radius 1 is 0.970 bits per heavy atom. The molecule has 1 aliphatic heterocycles. The van der Waals surface area contributed by atoms with E-state index >= 15 is 0 Å². The molecule has 8 nitrogen and oxygen atoms in total. The number of nitrogens with zero attached hydrogens (tertiary/aromatic N) is 5. The second-order valence-electron chi connectivity index (χ2n) is 7.22. The van der Waals surface area contributed by atoms with Crippen LogP contribution in [-0.4, -0.2) is 64.7 Å². The largest absolute Gasteiger partial charge is 0.416 e. The molecule has 2 aromatic carbocycles. The van der Waals surface area contributed by atoms with Crippen molar-refractivity contribution in [2.45, 2.75) is 11.1 Å². The zero-order chi connectivity index (χ0) is 23.8. The molecule has 13 heteroatoms. The number of amides is 1. The van der Waals surface area contributed by atoms with Crippen LogP contribution in [0.5, 0.6) is 0 Å². The third-order valence-corrected chi connectivity index (χ3v) is 7.39. The summed E-state index contributed by atoms with van der Waals surface area (Å²) in [6.07, 6.45) is -3.11. The van der Waals surface area contributed by atoms with Gasteiger partial charge in [-0.1, -0.05) is 28.9 Å². The highest BCUT2D eigenvalue weighted by atomic mass is 35.5. The number of halogens is 4. The van der Waals surface area contributed by atoms with Crippen LogP contribution in [0.1, 0.15) is 16.1 Å². The van der Waals surface area contributed by atoms with E-state index in [1.807, 2.05) is 0 Å². The molecule has 0 atom stereocenters. The first kappa shape index (κ1) is 23.2. The second kappa shape index (κ2) is 8.76. The van der Waals surface area contributed by atoms with Crippen molar-refractivity contribution in [1.82, 2.24) is 24.2 Å². The van der Waals surface area contributed by atoms with E-state index in [0.29, 0.717) is 10.7 Å². The zero-order valence-electron chi connectivity index (χ0n) is 16.9. The monoisotopic (exact) mass is 499 g/mol. The molecule has 0 aliphatic carbocycles. The molecular formula is C20H17ClF3N5O3S. The van der Waals surface area contributed by atoms with Crippen LogP contribution in [-0.2, 0) is 16.2 Å². The molecule has 1 aliphatic rings. The molecule has 0 radical (unpaired) electrons. The van der Waals surface area contributed by atoms with Gasteiger partial charge in [0.2, 0.25) is 10.0 Å². The van der Waals surface area contributed by atoms with E-state index in [4.69, 9.17) is 11.6 Å². The summed E-state index contributed by atoms with van der Waals surface area (Å²) < 4.78 is 66.3. The smallest absolute Gasteiger partial charge is 0.335 e. The van der Waals surface area contributed by atoms with Crippen molar-refractivity contribution >= 4 is 27.5 Å². The van der Waals surface area contributed by atoms with Crippen LogP contribution in [0.4, 0.5) is 13.2 Å². The first-order chi connectivity index (χ1) is 15.6. The molecule has 3 aromatic rings. The quantitative estimate of drug-likeness (QED) is 0.550. The van der Waals surface area contributed by atoms with Crippen molar-refractivity contribution in [3.8, 4) is 5.69 Å². The van der Waals surface area contributed by atoms with Crippen LogP contribution in [0.2, 0.25) is 5.02 Å². The van der Waals surface area contributed by atoms with E-state index < -0.39 is 27.7 Å². The van der Waals surface area contributed by atoms with Gasteiger partial charge in [0, 0.05) is 26.2 Å². The summed E-state index contributed by atoms with van der Waals surface area (Å²) in [6.45, 7) is 0.177. The van der Waals surface area contributed by atoms with Gasteiger partial charge in [0.1, 0.15) is 0 Å². The molecule has 1 aromatic heterocycles. The van der Waals surface area contributed by atoms with E-state index in [9.17, 15) is 26.4 Å². The lowest BCUT2D eigenvalue weighted by atomic mass is 10.2. The minimum atomic E-state index is -4.55. The van der Waals surface area contributed by atoms with E-state index in [-0.39, 0.29) is 36.8 Å². The normalized spacial score (nSPS) is 15.6. The molecule has 1 fully saturated rings. The maximum atomic E-state index is 12.8. The van der Waals surface area contributed by atoms with E-state index in [0.717, 1.165) is 28.6 Å². The maximum Gasteiger partial charge on any atom is 0.416 e. The summed E-state index contributed by atoms with van der Waals surface area (Å²) >= 11 is 6.13. The van der Waals surface area contributed by atoms with Gasteiger partial charge in [-0.25, -0.2) is 13.1 Å². The number of benzene rings is 2. The van der Waals surface area contributed by atoms with E-state index in [2.05, 4.69) is 10.3 Å². The van der Waals surface area contributed by atoms with Crippen molar-refractivity contribution in [3.63, 3.8) is 0 Å². The molecule has 1 saturated heterocycles. The molecule has 0 saturated carbocycles. The van der Waals surface area contributed by atoms with Gasteiger partial charge in [-0.3, -0.25) is 4.79 Å². The minimum Gasteiger partial charge on any atom is -0.335 e. The highest BCUT2D eigenvalue weighted by Gasteiger charge is 2.33. The molecule has 0 spiro atoms. The van der Waals surface area contributed by atoms with Gasteiger partial charge in [0.05, 0.1) is 27.4 Å². The van der Waals surface area contributed by atoms with Crippen molar-refractivity contribution in [3.05, 3.63) is 71.0 Å². The van der Waals surface area contributed by atoms with Crippen LogP contribution < -0.4 is 0 Å². The zero-order valence-corrected chi connectivity index (χ0v) is 18.5. The summed E-state index contributed by atoms with van der Waals surface area (Å²) in [5, 5.41) is 8.26. The molecule has 0 unspecified atom stereocenters. The third-order valence-electron chi connectivity index (χ3n) is 5.16. The molecule has 33 heavy (non-hydrogen) atoms. The lowest BCUT2D eigenvalue weighted by Gasteiger charge is -2.33. The van der Waals surface area contributed by atoms with Crippen molar-refractivity contribution < 1.29 is 26.4 Å². The third kappa shape index (κ3) is 4.72. The predicted molar refractivity (Wildman–Crippen MR) is 112 cm³/mol. The number of rotatable bonds is 4. The van der Waals surface area contributed by atoms with Crippen molar-refractivity contribution in [2.24, 2.45) is 0 Å². The topological polar surface area (TPSA) is 88.4 Å². The number of sulfonamides is 1. The molecule has 0 N–H and O–H groups in total. The fourth-order valence-corrected chi connectivity index (χ4v) is 5.02. The number of piperazine rings is 1. The summed E-state index contributed by atoms with van der Waals surface area (Å²) in [7, 11) is -3.99. The lowest BCUT2D eigenvalue weighted by molar-refractivity contribution is -0.137. The second-order valence-corrected chi connectivity index (χ2v) is 9.56. The van der Waals surface area contributed by atoms with Crippen LogP contribution in [0.25, 0.3) is 5.69 Å². The Morgan fingerprint density at radius 3 is 2.21 bits per heavy atom. The molecular weight excluding hydrogens is 483 g/mol. The number of alkyl halides is 3. The summed E-state index contributed by atoms with van der Waals surface area (Å²) in [5.74, 6) is -0.417. The Balaban J connectivity index is 1.42. The number of aromatic nitrogens is 3. The van der Waals surface area contributed by atoms with Gasteiger partial charge >= 0.3 is 6.18 Å². The van der Waals surface area contributed by atoms with Crippen LogP contribution in [0.15, 0.2) is 59.6 Å². The summed E-state index contributed by atoms with van der Waals surface area (Å²) in [4.78, 5) is 14.0.